The van der Waals surface area contributed by atoms with Crippen LogP contribution < -0.4 is 14.4 Å². The van der Waals surface area contributed by atoms with Gasteiger partial charge < -0.3 is 24.0 Å². The van der Waals surface area contributed by atoms with Gasteiger partial charge in [-0.05, 0) is 85.5 Å². The van der Waals surface area contributed by atoms with E-state index in [1.54, 1.807) is 4.90 Å². The number of halogens is 7. The monoisotopic (exact) mass is 857 g/mol. The first-order valence-corrected chi connectivity index (χ1v) is 20.2. The minimum absolute atomic E-state index is 0.000162. The fourth-order valence-electron chi connectivity index (χ4n) is 9.49. The molecule has 0 radical (unpaired) electrons. The van der Waals surface area contributed by atoms with E-state index in [4.69, 9.17) is 14.2 Å². The highest BCUT2D eigenvalue weighted by atomic mass is 19.4. The molecule has 19 heteroatoms. The maximum absolute atomic E-state index is 17.5. The number of aryl methyl sites for hydroxylation is 1. The van der Waals surface area contributed by atoms with Crippen LogP contribution in [0.25, 0.3) is 32.9 Å². The van der Waals surface area contributed by atoms with Gasteiger partial charge in [0.05, 0.1) is 36.7 Å². The van der Waals surface area contributed by atoms with Gasteiger partial charge in [-0.25, -0.2) is 22.4 Å². The number of amides is 1. The maximum atomic E-state index is 17.5. The molecule has 0 N–H and O–H groups in total. The van der Waals surface area contributed by atoms with Gasteiger partial charge in [0.15, 0.2) is 11.2 Å². The first-order chi connectivity index (χ1) is 29.1. The summed E-state index contributed by atoms with van der Waals surface area (Å²) < 4.78 is 121. The zero-order chi connectivity index (χ0) is 43.3. The number of alkyl halides is 5. The van der Waals surface area contributed by atoms with Gasteiger partial charge in [-0.1, -0.05) is 13.0 Å². The number of carbonyl (C=O) groups is 2. The number of ether oxygens (including phenoxy) is 3. The number of piperidine rings is 1. The van der Waals surface area contributed by atoms with E-state index in [-0.39, 0.29) is 114 Å². The molecule has 4 aliphatic rings. The lowest BCUT2D eigenvalue weighted by atomic mass is 9.88. The molecule has 0 bridgehead atoms. The molecule has 4 aliphatic heterocycles. The van der Waals surface area contributed by atoms with E-state index < -0.39 is 66.7 Å². The highest BCUT2D eigenvalue weighted by Gasteiger charge is 2.60. The minimum Gasteiger partial charge on any atom is -0.468 e. The molecule has 5 atom stereocenters. The quantitative estimate of drug-likeness (QED) is 0.0837. The van der Waals surface area contributed by atoms with Gasteiger partial charge in [-0.2, -0.15) is 28.4 Å². The van der Waals surface area contributed by atoms with E-state index in [2.05, 4.69) is 15.0 Å². The molecule has 4 aromatic rings. The molecule has 2 aromatic heterocycles. The fourth-order valence-corrected chi connectivity index (χ4v) is 9.49. The molecule has 61 heavy (non-hydrogen) atoms. The third-order valence-corrected chi connectivity index (χ3v) is 12.4. The normalized spacial score (nSPS) is 25.5. The fraction of sp³-hybridized carbons (Fsp3) is 0.524. The Labute approximate surface area is 345 Å². The van der Waals surface area contributed by atoms with E-state index in [1.807, 2.05) is 11.8 Å². The summed E-state index contributed by atoms with van der Waals surface area (Å²) in [7, 11) is 0. The van der Waals surface area contributed by atoms with Gasteiger partial charge in [0.2, 0.25) is 0 Å². The number of anilines is 1. The van der Waals surface area contributed by atoms with Crippen molar-refractivity contribution in [2.45, 2.75) is 75.9 Å². The van der Waals surface area contributed by atoms with E-state index in [9.17, 15) is 32.4 Å². The van der Waals surface area contributed by atoms with Gasteiger partial charge in [0.1, 0.15) is 47.5 Å². The van der Waals surface area contributed by atoms with Gasteiger partial charge in [-0.15, -0.1) is 0 Å². The number of aromatic nitrogens is 3. The average molecular weight is 858 g/mol. The summed E-state index contributed by atoms with van der Waals surface area (Å²) in [5, 5.41) is 9.93. The first-order valence-electron chi connectivity index (χ1n) is 20.2. The molecule has 0 spiro atoms. The summed E-state index contributed by atoms with van der Waals surface area (Å²) in [6, 6.07) is 6.11. The molecule has 4 fully saturated rings. The number of hydrogen-bond acceptors (Lipinski definition) is 11. The number of pyridine rings is 1. The highest BCUT2D eigenvalue weighted by Crippen LogP contribution is 2.46. The molecular formula is C42H42F7N7O5. The standard InChI is InChI=1S/C42H42F7N7O5/c1-24-12-26(43)18-55(17-24)37-31-16-51-35(34(46)36(31)52-38(53-37)60-22-41-7-3-9-56(41)19-27(44)15-41)30-14-28(61-39(58)54-10-8-40(20-50,21-54)42(47,48)49)13-25-5-6-32(45)29(33(25)30)4-2-11-59-23-57/h5-6,13-14,16,23-24,26-27H,2-4,7-12,15,17-19,21-22H2,1H3/t24?,26-,27-,40?,41+/m1/s1. The van der Waals surface area contributed by atoms with Crippen LogP contribution in [0.15, 0.2) is 30.5 Å². The van der Waals surface area contributed by atoms with Gasteiger partial charge in [0.25, 0.3) is 6.47 Å². The Morgan fingerprint density at radius 3 is 2.64 bits per heavy atom. The van der Waals surface area contributed by atoms with Crippen molar-refractivity contribution in [3.8, 4) is 29.1 Å². The molecule has 12 nitrogen and oxygen atoms in total. The minimum atomic E-state index is -4.91. The third kappa shape index (κ3) is 7.94. The van der Waals surface area contributed by atoms with Crippen LogP contribution in [-0.4, -0.2) is 114 Å². The Hall–Kier alpha value is -5.51. The number of carbonyl (C=O) groups excluding carboxylic acids is 2. The number of nitrogens with zero attached hydrogens (tertiary/aromatic N) is 7. The Balaban J connectivity index is 1.24. The molecule has 4 saturated heterocycles. The van der Waals surface area contributed by atoms with E-state index in [0.717, 1.165) is 17.4 Å². The number of fused-ring (bicyclic) bond motifs is 3. The van der Waals surface area contributed by atoms with Crippen LogP contribution in [-0.2, 0) is 16.0 Å². The van der Waals surface area contributed by atoms with Crippen LogP contribution in [0.5, 0.6) is 11.8 Å². The Morgan fingerprint density at radius 2 is 1.90 bits per heavy atom. The zero-order valence-corrected chi connectivity index (χ0v) is 33.1. The molecule has 2 aromatic carbocycles. The van der Waals surface area contributed by atoms with Crippen LogP contribution in [0, 0.1) is 34.3 Å². The molecule has 1 amide bonds. The van der Waals surface area contributed by atoms with Gasteiger partial charge in [0, 0.05) is 37.8 Å². The third-order valence-electron chi connectivity index (χ3n) is 12.4. The second kappa shape index (κ2) is 16.4. The lowest BCUT2D eigenvalue weighted by Crippen LogP contribution is -2.43. The first kappa shape index (κ1) is 42.2. The molecule has 0 aliphatic carbocycles. The predicted molar refractivity (Wildman–Crippen MR) is 206 cm³/mol. The Kier molecular flexibility index (Phi) is 11.3. The summed E-state index contributed by atoms with van der Waals surface area (Å²) in [6.07, 6.45) is -5.50. The molecule has 8 rings (SSSR count). The number of benzene rings is 2. The lowest BCUT2D eigenvalue weighted by Gasteiger charge is -2.35. The Bertz CT molecular complexity index is 2390. The van der Waals surface area contributed by atoms with Crippen molar-refractivity contribution >= 4 is 40.1 Å². The molecule has 0 saturated carbocycles. The number of nitriles is 1. The van der Waals surface area contributed by atoms with Crippen LogP contribution in [0.3, 0.4) is 0 Å². The van der Waals surface area contributed by atoms with Crippen molar-refractivity contribution in [1.82, 2.24) is 24.8 Å². The zero-order valence-electron chi connectivity index (χ0n) is 33.1. The number of likely N-dealkylation sites (tertiary alicyclic amines) is 1. The van der Waals surface area contributed by atoms with Crippen molar-refractivity contribution in [2.24, 2.45) is 11.3 Å². The second-order valence-electron chi connectivity index (χ2n) is 16.6. The number of rotatable bonds is 11. The maximum Gasteiger partial charge on any atom is 0.415 e. The number of hydrogen-bond donors (Lipinski definition) is 0. The van der Waals surface area contributed by atoms with E-state index >= 15 is 13.2 Å². The molecule has 324 valence electrons. The summed E-state index contributed by atoms with van der Waals surface area (Å²) in [5.41, 5.74) is -4.05. The van der Waals surface area contributed by atoms with Gasteiger partial charge >= 0.3 is 18.3 Å². The van der Waals surface area contributed by atoms with Crippen molar-refractivity contribution < 1.29 is 54.5 Å². The van der Waals surface area contributed by atoms with Crippen molar-refractivity contribution in [2.75, 3.05) is 57.4 Å². The SMILES string of the molecule is CC1C[C@@H](F)CN(c2nc(OC[C@@]34CCCN3C[C@H](F)C4)nc3c(F)c(-c4cc(OC(=O)N5CCC(C#N)(C(F)(F)F)C5)cc5ccc(F)c(CCCOC=O)c45)ncc23)C1. The highest BCUT2D eigenvalue weighted by molar-refractivity contribution is 6.02. The average Bonchev–Trinajstić information content (AvgIpc) is 3.92. The smallest absolute Gasteiger partial charge is 0.415 e. The van der Waals surface area contributed by atoms with E-state index in [0.29, 0.717) is 25.9 Å². The lowest BCUT2D eigenvalue weighted by molar-refractivity contribution is -0.197. The molecular weight excluding hydrogens is 815 g/mol. The summed E-state index contributed by atoms with van der Waals surface area (Å²) in [4.78, 5) is 42.3. The summed E-state index contributed by atoms with van der Waals surface area (Å²) in [6.45, 7) is 1.97. The predicted octanol–water partition coefficient (Wildman–Crippen LogP) is 7.65. The van der Waals surface area contributed by atoms with Gasteiger partial charge in [-0.3, -0.25) is 14.7 Å². The Morgan fingerprint density at radius 1 is 1.08 bits per heavy atom. The topological polar surface area (TPSA) is 134 Å². The van der Waals surface area contributed by atoms with Crippen molar-refractivity contribution in [1.29, 1.82) is 5.26 Å². The second-order valence-corrected chi connectivity index (χ2v) is 16.6. The summed E-state index contributed by atoms with van der Waals surface area (Å²) >= 11 is 0. The van der Waals surface area contributed by atoms with E-state index in [1.165, 1.54) is 30.5 Å². The molecule has 2 unspecified atom stereocenters. The van der Waals surface area contributed by atoms with Crippen molar-refractivity contribution in [3.63, 3.8) is 0 Å². The van der Waals surface area contributed by atoms with Crippen molar-refractivity contribution in [3.05, 3.63) is 47.7 Å². The van der Waals surface area contributed by atoms with Crippen LogP contribution in [0.2, 0.25) is 0 Å². The summed E-state index contributed by atoms with van der Waals surface area (Å²) in [5.74, 6) is -1.88. The van der Waals surface area contributed by atoms with Crippen LogP contribution >= 0.6 is 0 Å². The van der Waals surface area contributed by atoms with Crippen LogP contribution in [0.1, 0.15) is 51.0 Å². The largest absolute Gasteiger partial charge is 0.468 e. The van der Waals surface area contributed by atoms with Crippen LogP contribution in [0.4, 0.5) is 41.3 Å². The molecule has 6 heterocycles.